The van der Waals surface area contributed by atoms with Crippen LogP contribution >= 0.6 is 0 Å². The molecule has 2 rings (SSSR count). The monoisotopic (exact) mass is 313 g/mol. The summed E-state index contributed by atoms with van der Waals surface area (Å²) in [6.07, 6.45) is 1.02. The lowest BCUT2D eigenvalue weighted by Gasteiger charge is -2.21. The van der Waals surface area contributed by atoms with Crippen LogP contribution in [0.25, 0.3) is 0 Å². The Kier molecular flexibility index (Phi) is 4.75. The number of hydrogen-bond donors (Lipinski definition) is 1. The van der Waals surface area contributed by atoms with E-state index < -0.39 is 10.0 Å². The molecule has 118 valence electrons. The van der Waals surface area contributed by atoms with E-state index in [1.54, 1.807) is 13.1 Å². The Hall–Kier alpha value is -1.31. The van der Waals surface area contributed by atoms with Gasteiger partial charge in [0.25, 0.3) is 0 Å². The van der Waals surface area contributed by atoms with Gasteiger partial charge in [0.2, 0.25) is 10.0 Å². The molecule has 2 N–H and O–H groups in total. The number of likely N-dealkylation sites (tertiary alicyclic amines) is 1. The molecule has 1 saturated heterocycles. The number of methoxy groups -OCH3 is 1. The Morgan fingerprint density at radius 3 is 2.71 bits per heavy atom. The van der Waals surface area contributed by atoms with Crippen LogP contribution in [-0.4, -0.2) is 58.5 Å². The molecule has 21 heavy (non-hydrogen) atoms. The van der Waals surface area contributed by atoms with E-state index in [0.29, 0.717) is 18.2 Å². The van der Waals surface area contributed by atoms with Gasteiger partial charge in [0.05, 0.1) is 12.8 Å². The lowest BCUT2D eigenvalue weighted by molar-refractivity contribution is 0.357. The summed E-state index contributed by atoms with van der Waals surface area (Å²) in [7, 11) is 1.61. The molecule has 0 saturated carbocycles. The molecule has 1 unspecified atom stereocenters. The van der Waals surface area contributed by atoms with Crippen molar-refractivity contribution in [3.63, 3.8) is 0 Å². The number of sulfonamides is 1. The molecule has 1 fully saturated rings. The molecule has 1 aliphatic heterocycles. The molecule has 0 radical (unpaired) electrons. The predicted molar refractivity (Wildman–Crippen MR) is 82.8 cm³/mol. The van der Waals surface area contributed by atoms with Crippen LogP contribution in [0.2, 0.25) is 0 Å². The summed E-state index contributed by atoms with van der Waals surface area (Å²) in [6.45, 7) is 2.46. The summed E-state index contributed by atoms with van der Waals surface area (Å²) in [4.78, 5) is 2.35. The Labute approximate surface area is 126 Å². The Balaban J connectivity index is 2.17. The smallest absolute Gasteiger partial charge is 0.244 e. The maximum atomic E-state index is 12.6. The first-order chi connectivity index (χ1) is 9.84. The van der Waals surface area contributed by atoms with E-state index in [1.165, 1.54) is 23.5 Å². The van der Waals surface area contributed by atoms with E-state index >= 15 is 0 Å². The van der Waals surface area contributed by atoms with Gasteiger partial charge in [-0.05, 0) is 38.1 Å². The second-order valence-electron chi connectivity index (χ2n) is 5.61. The molecule has 1 aromatic carbocycles. The second-order valence-corrected chi connectivity index (χ2v) is 7.62. The summed E-state index contributed by atoms with van der Waals surface area (Å²) in [6, 6.07) is 4.64. The van der Waals surface area contributed by atoms with Crippen molar-refractivity contribution in [2.75, 3.05) is 46.6 Å². The number of ether oxygens (including phenoxy) is 1. The summed E-state index contributed by atoms with van der Waals surface area (Å²) >= 11 is 0. The van der Waals surface area contributed by atoms with Crippen molar-refractivity contribution in [1.82, 2.24) is 9.21 Å². The van der Waals surface area contributed by atoms with Gasteiger partial charge >= 0.3 is 0 Å². The number of nitrogen functional groups attached to an aromatic ring is 1. The van der Waals surface area contributed by atoms with Crippen molar-refractivity contribution in [2.45, 2.75) is 11.3 Å². The molecule has 1 heterocycles. The zero-order valence-electron chi connectivity index (χ0n) is 12.7. The molecular weight excluding hydrogens is 290 g/mol. The zero-order chi connectivity index (χ0) is 15.6. The van der Waals surface area contributed by atoms with E-state index in [2.05, 4.69) is 11.9 Å². The fourth-order valence-corrected chi connectivity index (χ4v) is 4.03. The van der Waals surface area contributed by atoms with E-state index in [-0.39, 0.29) is 10.6 Å². The van der Waals surface area contributed by atoms with Crippen LogP contribution in [0.1, 0.15) is 6.42 Å². The molecule has 6 nitrogen and oxygen atoms in total. The zero-order valence-corrected chi connectivity index (χ0v) is 13.6. The highest BCUT2D eigenvalue weighted by Gasteiger charge is 2.28. The first kappa shape index (κ1) is 16.1. The van der Waals surface area contributed by atoms with Gasteiger partial charge in [-0.1, -0.05) is 0 Å². The summed E-state index contributed by atoms with van der Waals surface area (Å²) < 4.78 is 31.7. The van der Waals surface area contributed by atoms with Crippen LogP contribution in [0, 0.1) is 5.92 Å². The van der Waals surface area contributed by atoms with E-state index in [4.69, 9.17) is 10.5 Å². The number of benzene rings is 1. The van der Waals surface area contributed by atoms with Crippen LogP contribution in [0.3, 0.4) is 0 Å². The highest BCUT2D eigenvalue weighted by atomic mass is 32.2. The largest absolute Gasteiger partial charge is 0.497 e. The van der Waals surface area contributed by atoms with Gasteiger partial charge < -0.3 is 15.4 Å². The van der Waals surface area contributed by atoms with Crippen LogP contribution in [0.15, 0.2) is 23.1 Å². The van der Waals surface area contributed by atoms with Crippen LogP contribution in [-0.2, 0) is 10.0 Å². The quantitative estimate of drug-likeness (QED) is 0.816. The molecule has 0 aromatic heterocycles. The van der Waals surface area contributed by atoms with E-state index in [0.717, 1.165) is 19.5 Å². The van der Waals surface area contributed by atoms with Crippen LogP contribution < -0.4 is 10.5 Å². The summed E-state index contributed by atoms with van der Waals surface area (Å²) in [5.74, 6) is 0.917. The van der Waals surface area contributed by atoms with Gasteiger partial charge in [0, 0.05) is 26.2 Å². The Morgan fingerprint density at radius 2 is 2.19 bits per heavy atom. The molecule has 0 spiro atoms. The minimum Gasteiger partial charge on any atom is -0.497 e. The maximum absolute atomic E-state index is 12.6. The lowest BCUT2D eigenvalue weighted by atomic mass is 10.1. The van der Waals surface area contributed by atoms with Crippen molar-refractivity contribution in [3.05, 3.63) is 18.2 Å². The average Bonchev–Trinajstić information content (AvgIpc) is 2.83. The number of nitrogens with two attached hydrogens (primary N) is 1. The van der Waals surface area contributed by atoms with Crippen LogP contribution in [0.5, 0.6) is 5.75 Å². The normalized spacial score (nSPS) is 20.1. The fraction of sp³-hybridized carbons (Fsp3) is 0.571. The average molecular weight is 313 g/mol. The number of hydrogen-bond acceptors (Lipinski definition) is 5. The van der Waals surface area contributed by atoms with Gasteiger partial charge in [0.1, 0.15) is 10.6 Å². The van der Waals surface area contributed by atoms with Crippen molar-refractivity contribution >= 4 is 15.7 Å². The van der Waals surface area contributed by atoms with Gasteiger partial charge in [-0.15, -0.1) is 0 Å². The summed E-state index contributed by atoms with van der Waals surface area (Å²) in [5, 5.41) is 0. The maximum Gasteiger partial charge on any atom is 0.244 e. The van der Waals surface area contributed by atoms with Crippen molar-refractivity contribution in [3.8, 4) is 5.75 Å². The first-order valence-electron chi connectivity index (χ1n) is 6.93. The number of rotatable bonds is 5. The van der Waals surface area contributed by atoms with Gasteiger partial charge in [-0.2, -0.15) is 0 Å². The van der Waals surface area contributed by atoms with Crippen molar-refractivity contribution < 1.29 is 13.2 Å². The van der Waals surface area contributed by atoms with Gasteiger partial charge in [-0.25, -0.2) is 12.7 Å². The third-order valence-electron chi connectivity index (χ3n) is 3.91. The molecule has 1 aliphatic rings. The third kappa shape index (κ3) is 3.48. The SMILES string of the molecule is COc1ccc(S(=O)(=O)N(C)CC2CCN(C)C2)c(N)c1. The molecule has 0 amide bonds. The van der Waals surface area contributed by atoms with E-state index in [1.807, 2.05) is 0 Å². The molecular formula is C14H23N3O3S. The van der Waals surface area contributed by atoms with Crippen molar-refractivity contribution in [2.24, 2.45) is 5.92 Å². The van der Waals surface area contributed by atoms with Crippen LogP contribution in [0.4, 0.5) is 5.69 Å². The summed E-state index contributed by atoms with van der Waals surface area (Å²) in [5.41, 5.74) is 6.07. The minimum atomic E-state index is -3.57. The third-order valence-corrected chi connectivity index (χ3v) is 5.81. The Bertz CT molecular complexity index is 603. The number of nitrogens with zero attached hydrogens (tertiary/aromatic N) is 2. The second kappa shape index (κ2) is 6.21. The topological polar surface area (TPSA) is 75.9 Å². The van der Waals surface area contributed by atoms with Gasteiger partial charge in [0.15, 0.2) is 0 Å². The highest BCUT2D eigenvalue weighted by molar-refractivity contribution is 7.89. The first-order valence-corrected chi connectivity index (χ1v) is 8.37. The molecule has 1 aromatic rings. The Morgan fingerprint density at radius 1 is 1.48 bits per heavy atom. The highest BCUT2D eigenvalue weighted by Crippen LogP contribution is 2.27. The standard InChI is InChI=1S/C14H23N3O3S/c1-16-7-6-11(9-16)10-17(2)21(18,19)14-5-4-12(20-3)8-13(14)15/h4-5,8,11H,6-7,9-10,15H2,1-3H3. The molecule has 1 atom stereocenters. The van der Waals surface area contributed by atoms with Gasteiger partial charge in [-0.3, -0.25) is 0 Å². The minimum absolute atomic E-state index is 0.136. The molecule has 0 aliphatic carbocycles. The lowest BCUT2D eigenvalue weighted by Crippen LogP contribution is -2.33. The molecule has 0 bridgehead atoms. The number of anilines is 1. The van der Waals surface area contributed by atoms with Crippen molar-refractivity contribution in [1.29, 1.82) is 0 Å². The fourth-order valence-electron chi connectivity index (χ4n) is 2.69. The molecule has 7 heteroatoms. The predicted octanol–water partition coefficient (Wildman–Crippen LogP) is 0.850. The van der Waals surface area contributed by atoms with E-state index in [9.17, 15) is 8.42 Å².